The molecule has 2 N–H and O–H groups in total. The summed E-state index contributed by atoms with van der Waals surface area (Å²) in [6, 6.07) is 21.3. The molecule has 0 spiro atoms. The van der Waals surface area contributed by atoms with Gasteiger partial charge in [0.15, 0.2) is 0 Å². The highest BCUT2D eigenvalue weighted by Gasteiger charge is 2.36. The van der Waals surface area contributed by atoms with Crippen molar-refractivity contribution in [3.8, 4) is 0 Å². The van der Waals surface area contributed by atoms with Gasteiger partial charge in [0.05, 0.1) is 25.3 Å². The number of carbonyl (C=O) groups is 4. The van der Waals surface area contributed by atoms with E-state index in [0.717, 1.165) is 86.2 Å². The van der Waals surface area contributed by atoms with Crippen molar-refractivity contribution in [3.63, 3.8) is 0 Å². The van der Waals surface area contributed by atoms with Crippen LogP contribution < -0.4 is 0 Å². The number of amides is 2. The van der Waals surface area contributed by atoms with Gasteiger partial charge in [-0.2, -0.15) is 0 Å². The summed E-state index contributed by atoms with van der Waals surface area (Å²) in [5.41, 5.74) is 4.79. The number of ether oxygens (including phenoxy) is 2. The molecule has 0 saturated carbocycles. The molecule has 0 aromatic heterocycles. The van der Waals surface area contributed by atoms with Crippen molar-refractivity contribution >= 4 is 25.1 Å². The Hall–Kier alpha value is -6.00. The van der Waals surface area contributed by atoms with Crippen molar-refractivity contribution in [1.29, 1.82) is 0 Å². The second kappa shape index (κ2) is 24.2. The molecule has 0 aliphatic carbocycles. The summed E-state index contributed by atoms with van der Waals surface area (Å²) in [6.45, 7) is 5.19. The fraction of sp³-hybridized carbons (Fsp3) is 0.417. The number of likely N-dealkylation sites (tertiary alicyclic amines) is 2. The first-order valence-electron chi connectivity index (χ1n) is 21.3. The number of rotatable bonds is 6. The lowest BCUT2D eigenvalue weighted by Crippen LogP contribution is -2.42. The molecule has 2 amide bonds. The van der Waals surface area contributed by atoms with Crippen LogP contribution in [0.25, 0.3) is 0 Å². The number of hydrogen-bond donors (Lipinski definition) is 2. The minimum Gasteiger partial charge on any atom is -0.483 e. The van der Waals surface area contributed by atoms with Gasteiger partial charge < -0.3 is 29.5 Å². The van der Waals surface area contributed by atoms with Crippen LogP contribution >= 0.6 is 0 Å². The van der Waals surface area contributed by atoms with E-state index in [9.17, 15) is 27.2 Å². The lowest BCUT2D eigenvalue weighted by Gasteiger charge is -2.37. The third-order valence-corrected chi connectivity index (χ3v) is 12.0. The highest BCUT2D eigenvalue weighted by atomic mass is 19.1. The predicted molar refractivity (Wildman–Crippen MR) is 231 cm³/mol. The summed E-state index contributed by atoms with van der Waals surface area (Å²) in [4.78, 5) is 50.4. The molecule has 2 saturated heterocycles. The quantitative estimate of drug-likeness (QED) is 0.144. The number of piperidine rings is 2. The second-order valence-corrected chi connectivity index (χ2v) is 16.4. The largest absolute Gasteiger partial charge is 0.483 e. The second-order valence-electron chi connectivity index (χ2n) is 16.4. The minimum absolute atomic E-state index is 0.250. The monoisotopic (exact) mass is 892 g/mol. The molecule has 16 heteroatoms. The van der Waals surface area contributed by atoms with Crippen LogP contribution in [0.1, 0.15) is 71.1 Å². The maximum absolute atomic E-state index is 13.9. The summed E-state index contributed by atoms with van der Waals surface area (Å²) in [5.74, 6) is -1.88. The number of carboxylic acid groups (broad SMARTS) is 2. The molecular weight excluding hydrogens is 837 g/mol. The van der Waals surface area contributed by atoms with Crippen molar-refractivity contribution in [2.24, 2.45) is 11.8 Å². The Morgan fingerprint density at radius 1 is 0.562 bits per heavy atom. The lowest BCUT2D eigenvalue weighted by atomic mass is 9.88. The molecule has 2 fully saturated rings. The van der Waals surface area contributed by atoms with Gasteiger partial charge in [-0.1, -0.05) is 48.5 Å². The van der Waals surface area contributed by atoms with Gasteiger partial charge >= 0.3 is 12.2 Å². The Labute approximate surface area is 371 Å². The summed E-state index contributed by atoms with van der Waals surface area (Å²) in [6.07, 6.45) is 4.55. The van der Waals surface area contributed by atoms with Crippen molar-refractivity contribution in [2.75, 3.05) is 66.6 Å². The van der Waals surface area contributed by atoms with Crippen molar-refractivity contribution < 1.29 is 56.4 Å². The first kappa shape index (κ1) is 49.0. The van der Waals surface area contributed by atoms with Gasteiger partial charge in [-0.25, -0.2) is 27.2 Å². The van der Waals surface area contributed by atoms with E-state index >= 15 is 0 Å². The topological polar surface area (TPSA) is 140 Å². The molecular formula is C48H56F4N4O8. The molecule has 0 unspecified atom stereocenters. The first-order valence-corrected chi connectivity index (χ1v) is 21.3. The fourth-order valence-corrected chi connectivity index (χ4v) is 8.71. The van der Waals surface area contributed by atoms with Crippen LogP contribution in [0.15, 0.2) is 84.9 Å². The van der Waals surface area contributed by atoms with Gasteiger partial charge in [0, 0.05) is 25.2 Å². The van der Waals surface area contributed by atoms with Gasteiger partial charge in [0.25, 0.3) is 12.9 Å². The Kier molecular flexibility index (Phi) is 18.5. The van der Waals surface area contributed by atoms with Crippen LogP contribution in [0.2, 0.25) is 0 Å². The van der Waals surface area contributed by atoms with Crippen LogP contribution in [0, 0.1) is 35.1 Å². The highest BCUT2D eigenvalue weighted by molar-refractivity contribution is 5.71. The maximum Gasteiger partial charge on any atom is 0.410 e. The van der Waals surface area contributed by atoms with Gasteiger partial charge in [0.1, 0.15) is 23.3 Å². The zero-order chi connectivity index (χ0) is 46.2. The van der Waals surface area contributed by atoms with E-state index in [1.807, 2.05) is 48.5 Å². The summed E-state index contributed by atoms with van der Waals surface area (Å²) >= 11 is 0. The summed E-state index contributed by atoms with van der Waals surface area (Å²) in [7, 11) is 4.19. The van der Waals surface area contributed by atoms with E-state index in [2.05, 4.69) is 23.9 Å². The Morgan fingerprint density at radius 3 is 1.20 bits per heavy atom. The number of carbonyl (C=O) groups excluding carboxylic acids is 2. The van der Waals surface area contributed by atoms with Crippen molar-refractivity contribution in [3.05, 3.63) is 142 Å². The molecule has 4 aliphatic heterocycles. The van der Waals surface area contributed by atoms with Crippen LogP contribution in [0.4, 0.5) is 27.2 Å². The molecule has 0 bridgehead atoms. The summed E-state index contributed by atoms with van der Waals surface area (Å²) < 4.78 is 67.1. The number of nitrogens with zero attached hydrogens (tertiary/aromatic N) is 4. The van der Waals surface area contributed by atoms with Crippen LogP contribution in [0.3, 0.4) is 0 Å². The van der Waals surface area contributed by atoms with E-state index < -0.39 is 47.5 Å². The minimum atomic E-state index is -0.650. The molecule has 0 radical (unpaired) electrons. The molecule has 8 rings (SSSR count). The van der Waals surface area contributed by atoms with E-state index in [1.54, 1.807) is 9.80 Å². The third-order valence-electron chi connectivity index (χ3n) is 12.0. The smallest absolute Gasteiger partial charge is 0.410 e. The molecule has 12 nitrogen and oxygen atoms in total. The number of fused-ring (bicyclic) bond motifs is 2. The highest BCUT2D eigenvalue weighted by Crippen LogP contribution is 2.38. The van der Waals surface area contributed by atoms with E-state index in [-0.39, 0.29) is 12.9 Å². The SMILES string of the molecule is CN1CCC(COC(=O)N2CCc3ccccc3[C@@H]2c2cc(F)cc(F)c2)CC1.CN1CCC(COC(=O)N2CCc3ccccc3[C@H]2c2cc(F)cc(F)c2)CC1.O=CO.O=CO. The number of hydrogen-bond acceptors (Lipinski definition) is 8. The van der Waals surface area contributed by atoms with E-state index in [0.29, 0.717) is 62.1 Å². The van der Waals surface area contributed by atoms with Crippen LogP contribution in [-0.4, -0.2) is 122 Å². The molecule has 4 aromatic carbocycles. The standard InChI is InChI=1S/2C23H26F2N2O2.2CH2O2/c2*1-26-9-6-16(7-10-26)15-29-23(28)27-11-8-17-4-2-3-5-21(17)22(27)18-12-19(24)14-20(25)13-18;2*2-1-3/h2*2-5,12-14,16,22H,6-11,15H2,1H3;2*1H,(H,2,3)/t2*22-;;/m10../s1. The molecule has 344 valence electrons. The molecule has 2 atom stereocenters. The first-order chi connectivity index (χ1) is 30.8. The lowest BCUT2D eigenvalue weighted by molar-refractivity contribution is -0.123. The van der Waals surface area contributed by atoms with E-state index in [1.165, 1.54) is 24.3 Å². The Bertz CT molecular complexity index is 1970. The number of halogens is 4. The third kappa shape index (κ3) is 13.5. The van der Waals surface area contributed by atoms with Crippen molar-refractivity contribution in [1.82, 2.24) is 19.6 Å². The van der Waals surface area contributed by atoms with Crippen molar-refractivity contribution in [2.45, 2.75) is 50.6 Å². The number of benzene rings is 4. The predicted octanol–water partition coefficient (Wildman–Crippen LogP) is 8.18. The van der Waals surface area contributed by atoms with Crippen LogP contribution in [0.5, 0.6) is 0 Å². The average Bonchev–Trinajstić information content (AvgIpc) is 3.27. The summed E-state index contributed by atoms with van der Waals surface area (Å²) in [5, 5.41) is 13.8. The van der Waals surface area contributed by atoms with Gasteiger partial charge in [-0.3, -0.25) is 19.4 Å². The van der Waals surface area contributed by atoms with Gasteiger partial charge in [0.2, 0.25) is 0 Å². The average molecular weight is 893 g/mol. The van der Waals surface area contributed by atoms with Gasteiger partial charge in [-0.15, -0.1) is 0 Å². The molecule has 4 aromatic rings. The molecule has 4 aliphatic rings. The zero-order valence-electron chi connectivity index (χ0n) is 36.1. The molecule has 4 heterocycles. The normalized spacial score (nSPS) is 18.8. The maximum atomic E-state index is 13.9. The van der Waals surface area contributed by atoms with E-state index in [4.69, 9.17) is 29.3 Å². The van der Waals surface area contributed by atoms with Crippen LogP contribution in [-0.2, 0) is 31.9 Å². The zero-order valence-corrected chi connectivity index (χ0v) is 36.1. The van der Waals surface area contributed by atoms with Gasteiger partial charge in [-0.05, 0) is 148 Å². The Balaban J connectivity index is 0.000000215. The molecule has 64 heavy (non-hydrogen) atoms. The fourth-order valence-electron chi connectivity index (χ4n) is 8.71. The Morgan fingerprint density at radius 2 is 0.875 bits per heavy atom.